The van der Waals surface area contributed by atoms with Crippen molar-refractivity contribution in [1.29, 1.82) is 0 Å². The van der Waals surface area contributed by atoms with Crippen LogP contribution in [-0.4, -0.2) is 54.3 Å². The van der Waals surface area contributed by atoms with Crippen LogP contribution in [-0.2, 0) is 27.7 Å². The summed E-state index contributed by atoms with van der Waals surface area (Å²) >= 11 is 0. The number of nitrogens with zero attached hydrogens (tertiary/aromatic N) is 2. The number of amides is 1. The number of sulfonamides is 1. The number of benzene rings is 1. The van der Waals surface area contributed by atoms with Gasteiger partial charge in [0.1, 0.15) is 0 Å². The lowest BCUT2D eigenvalue weighted by molar-refractivity contribution is -0.126. The Morgan fingerprint density at radius 2 is 1.92 bits per heavy atom. The van der Waals surface area contributed by atoms with Gasteiger partial charge in [0.2, 0.25) is 15.9 Å². The molecule has 0 bridgehead atoms. The SMILES string of the molecule is C[C@H]1CCc2nc3ccc(S(=O)(=O)N4CCC(C(=O)NCCC5=CCCCC5)CC4)cc3c(C(=O)O)c2C1. The van der Waals surface area contributed by atoms with Crippen molar-refractivity contribution < 1.29 is 23.1 Å². The highest BCUT2D eigenvalue weighted by atomic mass is 32.2. The van der Waals surface area contributed by atoms with Crippen molar-refractivity contribution in [2.24, 2.45) is 11.8 Å². The van der Waals surface area contributed by atoms with Crippen molar-refractivity contribution in [2.45, 2.75) is 76.0 Å². The molecule has 1 aromatic carbocycles. The number of rotatable bonds is 7. The molecule has 1 amide bonds. The zero-order valence-electron chi connectivity index (χ0n) is 22.0. The number of pyridine rings is 1. The normalized spacial score (nSPS) is 21.1. The van der Waals surface area contributed by atoms with Crippen molar-refractivity contribution >= 4 is 32.8 Å². The summed E-state index contributed by atoms with van der Waals surface area (Å²) in [5, 5.41) is 13.5. The summed E-state index contributed by atoms with van der Waals surface area (Å²) in [5.41, 5.74) is 3.63. The third-order valence-corrected chi connectivity index (χ3v) is 10.3. The number of hydrogen-bond acceptors (Lipinski definition) is 5. The van der Waals surface area contributed by atoms with Gasteiger partial charge in [0.05, 0.1) is 16.0 Å². The van der Waals surface area contributed by atoms with Crippen LogP contribution in [0.5, 0.6) is 0 Å². The number of piperidine rings is 1. The number of carbonyl (C=O) groups excluding carboxylic acids is 1. The lowest BCUT2D eigenvalue weighted by Crippen LogP contribution is -2.43. The molecule has 0 spiro atoms. The Morgan fingerprint density at radius 1 is 1.13 bits per heavy atom. The number of carboxylic acid groups (broad SMARTS) is 1. The van der Waals surface area contributed by atoms with Gasteiger partial charge in [-0.15, -0.1) is 0 Å². The molecule has 1 aromatic heterocycles. The molecule has 0 unspecified atom stereocenters. The lowest BCUT2D eigenvalue weighted by Gasteiger charge is -2.30. The summed E-state index contributed by atoms with van der Waals surface area (Å²) in [6, 6.07) is 4.61. The number of nitrogens with one attached hydrogen (secondary N) is 1. The monoisotopic (exact) mass is 539 g/mol. The number of aromatic nitrogens is 1. The maximum Gasteiger partial charge on any atom is 0.336 e. The van der Waals surface area contributed by atoms with Gasteiger partial charge in [0.25, 0.3) is 0 Å². The molecule has 1 fully saturated rings. The molecule has 2 aromatic rings. The fourth-order valence-corrected chi connectivity index (χ4v) is 7.62. The summed E-state index contributed by atoms with van der Waals surface area (Å²) < 4.78 is 28.5. The fraction of sp³-hybridized carbons (Fsp3) is 0.552. The molecule has 2 N–H and O–H groups in total. The van der Waals surface area contributed by atoms with E-state index in [0.717, 1.165) is 43.4 Å². The zero-order valence-corrected chi connectivity index (χ0v) is 22.9. The molecule has 2 heterocycles. The Bertz CT molecular complexity index is 1380. The first-order valence-corrected chi connectivity index (χ1v) is 15.3. The van der Waals surface area contributed by atoms with Crippen molar-refractivity contribution in [3.05, 3.63) is 46.7 Å². The standard InChI is InChI=1S/C29H37N3O5S/c1-19-7-9-25-23(17-19)27(29(34)35)24-18-22(8-10-26(24)31-25)38(36,37)32-15-12-21(13-16-32)28(33)30-14-11-20-5-3-2-4-6-20/h5,8,10,18-19,21H,2-4,6-7,9,11-17H2,1H3,(H,30,33)(H,34,35)/t19-/m0/s1. The Labute approximate surface area is 224 Å². The topological polar surface area (TPSA) is 117 Å². The molecule has 204 valence electrons. The van der Waals surface area contributed by atoms with E-state index in [1.54, 1.807) is 6.07 Å². The van der Waals surface area contributed by atoms with Crippen molar-refractivity contribution in [2.75, 3.05) is 19.6 Å². The number of carbonyl (C=O) groups is 2. The van der Waals surface area contributed by atoms with E-state index in [-0.39, 0.29) is 35.4 Å². The smallest absolute Gasteiger partial charge is 0.336 e. The Balaban J connectivity index is 1.28. The molecule has 0 saturated carbocycles. The maximum absolute atomic E-state index is 13.5. The molecule has 1 atom stereocenters. The van der Waals surface area contributed by atoms with Gasteiger partial charge in [-0.25, -0.2) is 13.2 Å². The third-order valence-electron chi connectivity index (χ3n) is 8.38. The first-order chi connectivity index (χ1) is 18.2. The van der Waals surface area contributed by atoms with Gasteiger partial charge in [-0.2, -0.15) is 4.31 Å². The van der Waals surface area contributed by atoms with Gasteiger partial charge in [0, 0.05) is 36.6 Å². The van der Waals surface area contributed by atoms with E-state index >= 15 is 0 Å². The van der Waals surface area contributed by atoms with Crippen LogP contribution in [0, 0.1) is 11.8 Å². The second-order valence-corrected chi connectivity index (χ2v) is 13.0. The van der Waals surface area contributed by atoms with E-state index in [9.17, 15) is 23.1 Å². The second-order valence-electron chi connectivity index (χ2n) is 11.1. The average molecular weight is 540 g/mol. The molecule has 0 radical (unpaired) electrons. The van der Waals surface area contributed by atoms with Crippen molar-refractivity contribution in [3.8, 4) is 0 Å². The van der Waals surface area contributed by atoms with Gasteiger partial charge in [0.15, 0.2) is 0 Å². The molecule has 1 saturated heterocycles. The van der Waals surface area contributed by atoms with E-state index in [1.807, 2.05) is 0 Å². The van der Waals surface area contributed by atoms with Crippen molar-refractivity contribution in [3.63, 3.8) is 0 Å². The summed E-state index contributed by atoms with van der Waals surface area (Å²) in [6.07, 6.45) is 11.1. The number of carboxylic acids is 1. The fourth-order valence-electron chi connectivity index (χ4n) is 6.13. The number of fused-ring (bicyclic) bond motifs is 2. The van der Waals surface area contributed by atoms with Crippen LogP contribution in [0.25, 0.3) is 10.9 Å². The second kappa shape index (κ2) is 11.1. The molecule has 1 aliphatic heterocycles. The molecule has 3 aliphatic rings. The highest BCUT2D eigenvalue weighted by molar-refractivity contribution is 7.89. The van der Waals surface area contributed by atoms with Crippen LogP contribution in [0.4, 0.5) is 0 Å². The first kappa shape index (κ1) is 26.8. The number of aromatic carboxylic acids is 1. The van der Waals surface area contributed by atoms with Crippen LogP contribution >= 0.6 is 0 Å². The van der Waals surface area contributed by atoms with E-state index in [0.29, 0.717) is 42.6 Å². The molecule has 9 heteroatoms. The lowest BCUT2D eigenvalue weighted by atomic mass is 9.84. The number of aryl methyl sites for hydroxylation is 1. The first-order valence-electron chi connectivity index (χ1n) is 13.9. The zero-order chi connectivity index (χ0) is 26.9. The summed E-state index contributed by atoms with van der Waals surface area (Å²) in [4.78, 5) is 29.7. The predicted molar refractivity (Wildman–Crippen MR) is 146 cm³/mol. The quantitative estimate of drug-likeness (QED) is 0.502. The van der Waals surface area contributed by atoms with Crippen LogP contribution in [0.3, 0.4) is 0 Å². The minimum absolute atomic E-state index is 0.000314. The third kappa shape index (κ3) is 5.50. The van der Waals surface area contributed by atoms with E-state index < -0.39 is 16.0 Å². The highest BCUT2D eigenvalue weighted by Gasteiger charge is 2.33. The number of hydrogen-bond donors (Lipinski definition) is 2. The molecular weight excluding hydrogens is 502 g/mol. The maximum atomic E-state index is 13.5. The van der Waals surface area contributed by atoms with E-state index in [2.05, 4.69) is 18.3 Å². The van der Waals surface area contributed by atoms with Crippen LogP contribution < -0.4 is 5.32 Å². The molecule has 8 nitrogen and oxygen atoms in total. The minimum atomic E-state index is -3.84. The number of allylic oxidation sites excluding steroid dienone is 1. The van der Waals surface area contributed by atoms with Gasteiger partial charge < -0.3 is 10.4 Å². The van der Waals surface area contributed by atoms with Gasteiger partial charge in [-0.3, -0.25) is 9.78 Å². The Kier molecular flexibility index (Phi) is 7.86. The highest BCUT2D eigenvalue weighted by Crippen LogP contribution is 2.33. The largest absolute Gasteiger partial charge is 0.478 e. The Morgan fingerprint density at radius 3 is 2.63 bits per heavy atom. The average Bonchev–Trinajstić information content (AvgIpc) is 2.92. The molecule has 5 rings (SSSR count). The van der Waals surface area contributed by atoms with Crippen LogP contribution in [0.1, 0.15) is 79.9 Å². The summed E-state index contributed by atoms with van der Waals surface area (Å²) in [5.74, 6) is -0.895. The summed E-state index contributed by atoms with van der Waals surface area (Å²) in [6.45, 7) is 3.24. The van der Waals surface area contributed by atoms with Gasteiger partial charge in [-0.05, 0) is 93.9 Å². The molecule has 38 heavy (non-hydrogen) atoms. The summed E-state index contributed by atoms with van der Waals surface area (Å²) in [7, 11) is -3.84. The minimum Gasteiger partial charge on any atom is -0.478 e. The molecular formula is C29H37N3O5S. The van der Waals surface area contributed by atoms with Gasteiger partial charge >= 0.3 is 5.97 Å². The Hall–Kier alpha value is -2.78. The molecule has 2 aliphatic carbocycles. The van der Waals surface area contributed by atoms with Crippen molar-refractivity contribution in [1.82, 2.24) is 14.6 Å². The van der Waals surface area contributed by atoms with E-state index in [4.69, 9.17) is 4.98 Å². The van der Waals surface area contributed by atoms with Crippen LogP contribution in [0.2, 0.25) is 0 Å². The van der Waals surface area contributed by atoms with E-state index in [1.165, 1.54) is 34.9 Å². The predicted octanol–water partition coefficient (Wildman–Crippen LogP) is 4.47. The van der Waals surface area contributed by atoms with Crippen LogP contribution in [0.15, 0.2) is 34.7 Å². The van der Waals surface area contributed by atoms with Gasteiger partial charge in [-0.1, -0.05) is 18.6 Å².